The highest BCUT2D eigenvalue weighted by molar-refractivity contribution is 7.88. The quantitative estimate of drug-likeness (QED) is 0.853. The Kier molecular flexibility index (Phi) is 5.19. The van der Waals surface area contributed by atoms with Crippen LogP contribution in [0.5, 0.6) is 0 Å². The van der Waals surface area contributed by atoms with Gasteiger partial charge in [0.1, 0.15) is 0 Å². The Morgan fingerprint density at radius 3 is 2.29 bits per heavy atom. The number of urea groups is 1. The molecule has 2 amide bonds. The fraction of sp³-hybridized carbons (Fsp3) is 0.500. The monoisotopic (exact) mass is 311 g/mol. The molecule has 0 aliphatic carbocycles. The lowest BCUT2D eigenvalue weighted by Crippen LogP contribution is -2.37. The number of benzene rings is 1. The van der Waals surface area contributed by atoms with Crippen LogP contribution >= 0.6 is 0 Å². The number of amides is 2. The van der Waals surface area contributed by atoms with Crippen molar-refractivity contribution in [3.63, 3.8) is 0 Å². The maximum absolute atomic E-state index is 11.8. The number of nitrogens with zero attached hydrogens (tertiary/aromatic N) is 1. The molecule has 1 aliphatic rings. The minimum Gasteiger partial charge on any atom is -0.334 e. The lowest BCUT2D eigenvalue weighted by molar-refractivity contribution is 0.208. The van der Waals surface area contributed by atoms with E-state index in [1.807, 2.05) is 17.0 Å². The summed E-state index contributed by atoms with van der Waals surface area (Å²) in [5.41, 5.74) is 1.67. The molecular formula is C14H21N3O3S. The first-order valence-electron chi connectivity index (χ1n) is 7.02. The predicted octanol–water partition coefficient (Wildman–Crippen LogP) is 1.04. The Bertz CT molecular complexity index is 578. The van der Waals surface area contributed by atoms with E-state index in [1.54, 1.807) is 12.1 Å². The number of hydrogen-bond donors (Lipinski definition) is 2. The van der Waals surface area contributed by atoms with E-state index in [2.05, 4.69) is 10.0 Å². The SMILES string of the molecule is CNS(=O)(=O)Cc1ccc(CNC(=O)N2CCCC2)cc1. The van der Waals surface area contributed by atoms with Crippen LogP contribution in [0.25, 0.3) is 0 Å². The second-order valence-electron chi connectivity index (χ2n) is 5.13. The van der Waals surface area contributed by atoms with Crippen LogP contribution in [0.4, 0.5) is 4.79 Å². The van der Waals surface area contributed by atoms with Crippen LogP contribution in [-0.2, 0) is 22.3 Å². The van der Waals surface area contributed by atoms with Gasteiger partial charge in [-0.25, -0.2) is 17.9 Å². The molecule has 7 heteroatoms. The summed E-state index contributed by atoms with van der Waals surface area (Å²) in [4.78, 5) is 13.7. The average molecular weight is 311 g/mol. The van der Waals surface area contributed by atoms with Gasteiger partial charge in [-0.3, -0.25) is 0 Å². The highest BCUT2D eigenvalue weighted by Gasteiger charge is 2.17. The van der Waals surface area contributed by atoms with Gasteiger partial charge in [-0.15, -0.1) is 0 Å². The maximum atomic E-state index is 11.8. The summed E-state index contributed by atoms with van der Waals surface area (Å²) in [6, 6.07) is 7.18. The van der Waals surface area contributed by atoms with E-state index in [4.69, 9.17) is 0 Å². The molecule has 1 aromatic rings. The van der Waals surface area contributed by atoms with Crippen molar-refractivity contribution in [1.82, 2.24) is 14.9 Å². The Morgan fingerprint density at radius 1 is 1.14 bits per heavy atom. The predicted molar refractivity (Wildman–Crippen MR) is 81.2 cm³/mol. The van der Waals surface area contributed by atoms with E-state index in [-0.39, 0.29) is 11.8 Å². The molecule has 116 valence electrons. The van der Waals surface area contributed by atoms with Crippen molar-refractivity contribution in [1.29, 1.82) is 0 Å². The first kappa shape index (κ1) is 15.8. The summed E-state index contributed by atoms with van der Waals surface area (Å²) < 4.78 is 25.2. The molecule has 1 heterocycles. The molecule has 6 nitrogen and oxygen atoms in total. The zero-order valence-corrected chi connectivity index (χ0v) is 12.9. The molecule has 1 aliphatic heterocycles. The maximum Gasteiger partial charge on any atom is 0.317 e. The Labute approximate surface area is 125 Å². The van der Waals surface area contributed by atoms with Gasteiger partial charge in [0.2, 0.25) is 10.0 Å². The highest BCUT2D eigenvalue weighted by atomic mass is 32.2. The molecule has 1 aromatic carbocycles. The van der Waals surface area contributed by atoms with Crippen molar-refractivity contribution in [2.24, 2.45) is 0 Å². The Balaban J connectivity index is 1.86. The smallest absolute Gasteiger partial charge is 0.317 e. The molecule has 0 unspecified atom stereocenters. The van der Waals surface area contributed by atoms with Crippen LogP contribution in [0.3, 0.4) is 0 Å². The Morgan fingerprint density at radius 2 is 1.71 bits per heavy atom. The molecule has 2 N–H and O–H groups in total. The van der Waals surface area contributed by atoms with Crippen LogP contribution in [0, 0.1) is 0 Å². The van der Waals surface area contributed by atoms with Crippen molar-refractivity contribution in [3.05, 3.63) is 35.4 Å². The standard InChI is InChI=1S/C14H21N3O3S/c1-15-21(19,20)11-13-6-4-12(5-7-13)10-16-14(18)17-8-2-3-9-17/h4-7,15H,2-3,8-11H2,1H3,(H,16,18). The minimum absolute atomic E-state index is 0.0330. The normalized spacial score (nSPS) is 15.2. The lowest BCUT2D eigenvalue weighted by Gasteiger charge is -2.16. The van der Waals surface area contributed by atoms with Crippen LogP contribution in [0.1, 0.15) is 24.0 Å². The second kappa shape index (κ2) is 6.91. The Hall–Kier alpha value is -1.60. The van der Waals surface area contributed by atoms with Crippen molar-refractivity contribution in [2.75, 3.05) is 20.1 Å². The fourth-order valence-electron chi connectivity index (χ4n) is 2.25. The van der Waals surface area contributed by atoms with Crippen molar-refractivity contribution in [3.8, 4) is 0 Å². The van der Waals surface area contributed by atoms with Crippen LogP contribution in [-0.4, -0.2) is 39.5 Å². The molecule has 0 radical (unpaired) electrons. The number of likely N-dealkylation sites (tertiary alicyclic amines) is 1. The number of carbonyl (C=O) groups excluding carboxylic acids is 1. The molecule has 21 heavy (non-hydrogen) atoms. The van der Waals surface area contributed by atoms with E-state index in [9.17, 15) is 13.2 Å². The van der Waals surface area contributed by atoms with Crippen LogP contribution in [0.2, 0.25) is 0 Å². The van der Waals surface area contributed by atoms with E-state index in [1.165, 1.54) is 7.05 Å². The highest BCUT2D eigenvalue weighted by Crippen LogP contribution is 2.09. The third-order valence-electron chi connectivity index (χ3n) is 3.53. The fourth-order valence-corrected chi connectivity index (χ4v) is 3.03. The third kappa shape index (κ3) is 4.71. The molecule has 0 saturated carbocycles. The van der Waals surface area contributed by atoms with E-state index in [0.717, 1.165) is 37.1 Å². The van der Waals surface area contributed by atoms with Crippen LogP contribution in [0.15, 0.2) is 24.3 Å². The third-order valence-corrected chi connectivity index (χ3v) is 4.86. The largest absolute Gasteiger partial charge is 0.334 e. The topological polar surface area (TPSA) is 78.5 Å². The summed E-state index contributed by atoms with van der Waals surface area (Å²) in [5, 5.41) is 2.88. The number of hydrogen-bond acceptors (Lipinski definition) is 3. The van der Waals surface area contributed by atoms with Crippen molar-refractivity contribution < 1.29 is 13.2 Å². The molecule has 1 saturated heterocycles. The molecule has 0 atom stereocenters. The van der Waals surface area contributed by atoms with Gasteiger partial charge in [0.15, 0.2) is 0 Å². The lowest BCUT2D eigenvalue weighted by atomic mass is 10.1. The van der Waals surface area contributed by atoms with Gasteiger partial charge in [-0.1, -0.05) is 24.3 Å². The van der Waals surface area contributed by atoms with Gasteiger partial charge in [0, 0.05) is 19.6 Å². The van der Waals surface area contributed by atoms with Gasteiger partial charge < -0.3 is 10.2 Å². The molecule has 0 spiro atoms. The van der Waals surface area contributed by atoms with E-state index < -0.39 is 10.0 Å². The number of rotatable bonds is 5. The number of sulfonamides is 1. The van der Waals surface area contributed by atoms with Gasteiger partial charge in [-0.05, 0) is 31.0 Å². The summed E-state index contributed by atoms with van der Waals surface area (Å²) in [7, 11) is -1.85. The first-order chi connectivity index (χ1) is 10.00. The zero-order chi connectivity index (χ0) is 15.3. The molecular weight excluding hydrogens is 290 g/mol. The molecule has 1 fully saturated rings. The van der Waals surface area contributed by atoms with Crippen LogP contribution < -0.4 is 10.0 Å². The molecule has 2 rings (SSSR count). The molecule has 0 bridgehead atoms. The summed E-state index contributed by atoms with van der Waals surface area (Å²) in [6.45, 7) is 2.10. The summed E-state index contributed by atoms with van der Waals surface area (Å²) >= 11 is 0. The average Bonchev–Trinajstić information content (AvgIpc) is 3.00. The number of nitrogens with one attached hydrogen (secondary N) is 2. The van der Waals surface area contributed by atoms with E-state index in [0.29, 0.717) is 6.54 Å². The molecule has 0 aromatic heterocycles. The van der Waals surface area contributed by atoms with Gasteiger partial charge in [-0.2, -0.15) is 0 Å². The second-order valence-corrected chi connectivity index (χ2v) is 7.06. The summed E-state index contributed by atoms with van der Waals surface area (Å²) in [6.07, 6.45) is 2.14. The van der Waals surface area contributed by atoms with Gasteiger partial charge in [0.25, 0.3) is 0 Å². The van der Waals surface area contributed by atoms with Crippen molar-refractivity contribution >= 4 is 16.1 Å². The van der Waals surface area contributed by atoms with E-state index >= 15 is 0 Å². The van der Waals surface area contributed by atoms with Gasteiger partial charge in [0.05, 0.1) is 5.75 Å². The summed E-state index contributed by atoms with van der Waals surface area (Å²) in [5.74, 6) is -0.0378. The van der Waals surface area contributed by atoms with Gasteiger partial charge >= 0.3 is 6.03 Å². The zero-order valence-electron chi connectivity index (χ0n) is 12.1. The minimum atomic E-state index is -3.25. The van der Waals surface area contributed by atoms with Crippen molar-refractivity contribution in [2.45, 2.75) is 25.1 Å². The number of carbonyl (C=O) groups is 1. The first-order valence-corrected chi connectivity index (χ1v) is 8.67.